The molecule has 34 heavy (non-hydrogen) atoms. The van der Waals surface area contributed by atoms with E-state index in [0.29, 0.717) is 12.8 Å². The van der Waals surface area contributed by atoms with Crippen molar-refractivity contribution in [3.8, 4) is 0 Å². The SMILES string of the molecule is [CH2]C(CCC(OCCCCCCCCCCCCCCCC)c1ccccc1)OCP(=O)(O)O. The van der Waals surface area contributed by atoms with Crippen LogP contribution in [0.3, 0.4) is 0 Å². The smallest absolute Gasteiger partial charge is 0.350 e. The van der Waals surface area contributed by atoms with Gasteiger partial charge in [-0.2, -0.15) is 0 Å². The molecule has 0 amide bonds. The maximum absolute atomic E-state index is 11.0. The van der Waals surface area contributed by atoms with Gasteiger partial charge in [0.2, 0.25) is 0 Å². The van der Waals surface area contributed by atoms with Crippen LogP contribution in [0.2, 0.25) is 0 Å². The average molecular weight is 498 g/mol. The summed E-state index contributed by atoms with van der Waals surface area (Å²) >= 11 is 0. The molecule has 2 N–H and O–H groups in total. The first-order valence-electron chi connectivity index (χ1n) is 13.6. The van der Waals surface area contributed by atoms with E-state index in [4.69, 9.17) is 19.3 Å². The van der Waals surface area contributed by atoms with Crippen LogP contribution in [0, 0.1) is 6.92 Å². The predicted molar refractivity (Wildman–Crippen MR) is 142 cm³/mol. The highest BCUT2D eigenvalue weighted by Crippen LogP contribution is 2.35. The van der Waals surface area contributed by atoms with E-state index in [1.165, 1.54) is 83.5 Å². The fraction of sp³-hybridized carbons (Fsp3) is 0.750. The standard InChI is InChI=1S/C28H50O5P/c1-3-4-5-6-7-8-9-10-11-12-13-14-15-19-24-32-28(27-20-17-16-18-21-27)23-22-26(2)33-25-34(29,30)31/h16-18,20-21,26,28H,2-15,19,22-25H2,1H3,(H2,29,30,31). The van der Waals surface area contributed by atoms with Crippen LogP contribution in [0.15, 0.2) is 30.3 Å². The van der Waals surface area contributed by atoms with Crippen molar-refractivity contribution in [3.63, 3.8) is 0 Å². The van der Waals surface area contributed by atoms with Gasteiger partial charge in [0.1, 0.15) is 6.35 Å². The number of benzene rings is 1. The Morgan fingerprint density at radius 2 is 1.26 bits per heavy atom. The fourth-order valence-corrected chi connectivity index (χ4v) is 4.56. The summed E-state index contributed by atoms with van der Waals surface area (Å²) in [6.45, 7) is 6.86. The summed E-state index contributed by atoms with van der Waals surface area (Å²) in [4.78, 5) is 17.9. The Hall–Kier alpha value is -0.710. The van der Waals surface area contributed by atoms with Crippen LogP contribution in [-0.2, 0) is 14.0 Å². The first-order chi connectivity index (χ1) is 16.4. The second kappa shape index (κ2) is 20.5. The van der Waals surface area contributed by atoms with Gasteiger partial charge in [-0.1, -0.05) is 121 Å². The minimum absolute atomic E-state index is 0.0499. The molecule has 0 saturated heterocycles. The summed E-state index contributed by atoms with van der Waals surface area (Å²) < 4.78 is 22.4. The number of rotatable bonds is 23. The number of hydrogen-bond acceptors (Lipinski definition) is 3. The lowest BCUT2D eigenvalue weighted by Gasteiger charge is -2.21. The third-order valence-electron chi connectivity index (χ3n) is 6.22. The van der Waals surface area contributed by atoms with Crippen LogP contribution in [-0.4, -0.2) is 28.8 Å². The fourth-order valence-electron chi connectivity index (χ4n) is 4.16. The number of hydrogen-bond donors (Lipinski definition) is 2. The van der Waals surface area contributed by atoms with Gasteiger partial charge in [0, 0.05) is 6.61 Å². The molecule has 2 unspecified atom stereocenters. The van der Waals surface area contributed by atoms with Crippen LogP contribution < -0.4 is 0 Å². The molecule has 0 aliphatic rings. The van der Waals surface area contributed by atoms with Crippen LogP contribution in [0.5, 0.6) is 0 Å². The third-order valence-corrected chi connectivity index (χ3v) is 6.70. The summed E-state index contributed by atoms with van der Waals surface area (Å²) in [7, 11) is -4.16. The minimum Gasteiger partial charge on any atom is -0.374 e. The predicted octanol–water partition coefficient (Wildman–Crippen LogP) is 8.36. The summed E-state index contributed by atoms with van der Waals surface area (Å²) in [5.74, 6) is 0. The van der Waals surface area contributed by atoms with Crippen molar-refractivity contribution in [2.45, 2.75) is 122 Å². The van der Waals surface area contributed by atoms with Crippen LogP contribution in [0.1, 0.15) is 121 Å². The Kier molecular flexibility index (Phi) is 18.9. The third kappa shape index (κ3) is 18.6. The molecule has 0 saturated carbocycles. The normalized spacial score (nSPS) is 13.8. The van der Waals surface area contributed by atoms with Gasteiger partial charge in [-0.15, -0.1) is 0 Å². The molecule has 197 valence electrons. The molecule has 0 aliphatic carbocycles. The Balaban J connectivity index is 2.11. The largest absolute Gasteiger partial charge is 0.374 e. The van der Waals surface area contributed by atoms with Crippen LogP contribution >= 0.6 is 7.60 Å². The van der Waals surface area contributed by atoms with Gasteiger partial charge in [0.15, 0.2) is 0 Å². The maximum Gasteiger partial charge on any atom is 0.350 e. The molecule has 0 bridgehead atoms. The monoisotopic (exact) mass is 497 g/mol. The van der Waals surface area contributed by atoms with Crippen molar-refractivity contribution in [3.05, 3.63) is 42.8 Å². The van der Waals surface area contributed by atoms with Crippen molar-refractivity contribution >= 4 is 7.60 Å². The quantitative estimate of drug-likeness (QED) is 0.117. The Bertz CT molecular complexity index is 618. The molecule has 0 heterocycles. The van der Waals surface area contributed by atoms with E-state index in [-0.39, 0.29) is 6.10 Å². The molecule has 6 heteroatoms. The molecule has 5 nitrogen and oxygen atoms in total. The van der Waals surface area contributed by atoms with E-state index in [1.54, 1.807) is 0 Å². The van der Waals surface area contributed by atoms with E-state index < -0.39 is 20.0 Å². The topological polar surface area (TPSA) is 76.0 Å². The van der Waals surface area contributed by atoms with Crippen molar-refractivity contribution in [2.24, 2.45) is 0 Å². The van der Waals surface area contributed by atoms with Gasteiger partial charge in [-0.05, 0) is 31.7 Å². The molecule has 1 rings (SSSR count). The maximum atomic E-state index is 11.0. The van der Waals surface area contributed by atoms with Crippen molar-refractivity contribution in [1.29, 1.82) is 0 Å². The molecule has 0 spiro atoms. The van der Waals surface area contributed by atoms with Gasteiger partial charge in [-0.3, -0.25) is 4.57 Å². The molecule has 0 aromatic heterocycles. The lowest BCUT2D eigenvalue weighted by Crippen LogP contribution is -2.13. The highest BCUT2D eigenvalue weighted by atomic mass is 31.2. The van der Waals surface area contributed by atoms with Gasteiger partial charge < -0.3 is 19.3 Å². The summed E-state index contributed by atoms with van der Waals surface area (Å²) in [6, 6.07) is 10.1. The molecule has 0 fully saturated rings. The zero-order valence-electron chi connectivity index (χ0n) is 21.5. The van der Waals surface area contributed by atoms with Gasteiger partial charge in [0.05, 0.1) is 12.2 Å². The lowest BCUT2D eigenvalue weighted by molar-refractivity contribution is 0.0271. The van der Waals surface area contributed by atoms with E-state index >= 15 is 0 Å². The molecule has 1 aromatic carbocycles. The van der Waals surface area contributed by atoms with E-state index in [1.807, 2.05) is 18.2 Å². The second-order valence-electron chi connectivity index (χ2n) is 9.53. The summed E-state index contributed by atoms with van der Waals surface area (Å²) in [5.41, 5.74) is 1.12. The van der Waals surface area contributed by atoms with E-state index in [9.17, 15) is 4.57 Å². The van der Waals surface area contributed by atoms with E-state index in [0.717, 1.165) is 18.6 Å². The summed E-state index contributed by atoms with van der Waals surface area (Å²) in [6.07, 6.45) is 18.9. The van der Waals surface area contributed by atoms with Crippen molar-refractivity contribution < 1.29 is 23.8 Å². The van der Waals surface area contributed by atoms with Gasteiger partial charge in [0.25, 0.3) is 0 Å². The Morgan fingerprint density at radius 3 is 1.76 bits per heavy atom. The van der Waals surface area contributed by atoms with Crippen molar-refractivity contribution in [2.75, 3.05) is 13.0 Å². The van der Waals surface area contributed by atoms with Crippen LogP contribution in [0.4, 0.5) is 0 Å². The first-order valence-corrected chi connectivity index (χ1v) is 15.4. The zero-order chi connectivity index (χ0) is 24.9. The molecule has 1 radical (unpaired) electrons. The zero-order valence-corrected chi connectivity index (χ0v) is 22.4. The number of ether oxygens (including phenoxy) is 2. The Morgan fingerprint density at radius 1 is 0.765 bits per heavy atom. The highest BCUT2D eigenvalue weighted by Gasteiger charge is 2.18. The summed E-state index contributed by atoms with van der Waals surface area (Å²) in [5, 5.41) is 0. The Labute approximate surface area is 209 Å². The molecule has 0 aliphatic heterocycles. The molecular weight excluding hydrogens is 447 g/mol. The molecule has 1 aromatic rings. The second-order valence-corrected chi connectivity index (χ2v) is 11.1. The first kappa shape index (κ1) is 31.3. The van der Waals surface area contributed by atoms with Gasteiger partial charge >= 0.3 is 7.60 Å². The average Bonchev–Trinajstić information content (AvgIpc) is 2.82. The van der Waals surface area contributed by atoms with Gasteiger partial charge in [-0.25, -0.2) is 0 Å². The lowest BCUT2D eigenvalue weighted by atomic mass is 10.0. The highest BCUT2D eigenvalue weighted by molar-refractivity contribution is 7.51. The van der Waals surface area contributed by atoms with E-state index in [2.05, 4.69) is 26.0 Å². The van der Waals surface area contributed by atoms with Crippen molar-refractivity contribution in [1.82, 2.24) is 0 Å². The minimum atomic E-state index is -4.16. The van der Waals surface area contributed by atoms with Crippen LogP contribution in [0.25, 0.3) is 0 Å². The molecule has 2 atom stereocenters. The number of unbranched alkanes of at least 4 members (excludes halogenated alkanes) is 13. The molecular formula is C28H50O5P.